The van der Waals surface area contributed by atoms with Gasteiger partial charge in [0.1, 0.15) is 23.2 Å². The van der Waals surface area contributed by atoms with Crippen LogP contribution in [0.4, 0.5) is 23.0 Å². The number of hydrogen-bond acceptors (Lipinski definition) is 7. The first-order valence-corrected chi connectivity index (χ1v) is 11.5. The van der Waals surface area contributed by atoms with E-state index < -0.39 is 10.0 Å². The molecular formula is C22H27N5O3S. The van der Waals surface area contributed by atoms with Crippen LogP contribution < -0.4 is 20.1 Å². The molecule has 2 aromatic carbocycles. The molecule has 0 bridgehead atoms. The lowest BCUT2D eigenvalue weighted by atomic mass is 10.2. The zero-order valence-electron chi connectivity index (χ0n) is 18.1. The van der Waals surface area contributed by atoms with Gasteiger partial charge in [0, 0.05) is 24.0 Å². The molecule has 0 saturated carbocycles. The van der Waals surface area contributed by atoms with Crippen LogP contribution in [0.15, 0.2) is 53.4 Å². The molecule has 0 aliphatic carbocycles. The number of nitrogens with one attached hydrogen (secondary N) is 3. The summed E-state index contributed by atoms with van der Waals surface area (Å²) in [6, 6.07) is 13.6. The van der Waals surface area contributed by atoms with Crippen LogP contribution in [-0.2, 0) is 10.0 Å². The zero-order valence-corrected chi connectivity index (χ0v) is 18.9. The molecule has 0 fully saturated rings. The van der Waals surface area contributed by atoms with Crippen molar-refractivity contribution in [2.75, 3.05) is 28.5 Å². The average Bonchev–Trinajstić information content (AvgIpc) is 2.71. The quantitative estimate of drug-likeness (QED) is 0.450. The van der Waals surface area contributed by atoms with Crippen LogP contribution in [0.2, 0.25) is 0 Å². The Morgan fingerprint density at radius 1 is 0.903 bits per heavy atom. The predicted molar refractivity (Wildman–Crippen MR) is 124 cm³/mol. The fourth-order valence-electron chi connectivity index (χ4n) is 2.99. The minimum atomic E-state index is -3.71. The van der Waals surface area contributed by atoms with Crippen molar-refractivity contribution in [3.8, 4) is 5.75 Å². The number of nitrogens with zero attached hydrogens (tertiary/aromatic N) is 2. The second-order valence-electron chi connectivity index (χ2n) is 6.88. The van der Waals surface area contributed by atoms with Crippen LogP contribution in [0.5, 0.6) is 5.75 Å². The van der Waals surface area contributed by atoms with Gasteiger partial charge in [-0.1, -0.05) is 0 Å². The van der Waals surface area contributed by atoms with Crippen molar-refractivity contribution < 1.29 is 13.2 Å². The molecule has 31 heavy (non-hydrogen) atoms. The highest BCUT2D eigenvalue weighted by atomic mass is 32.2. The van der Waals surface area contributed by atoms with Crippen LogP contribution in [0, 0.1) is 13.8 Å². The number of aryl methyl sites for hydroxylation is 2. The lowest BCUT2D eigenvalue weighted by molar-refractivity contribution is 0.337. The van der Waals surface area contributed by atoms with E-state index in [0.717, 1.165) is 23.6 Å². The molecule has 0 amide bonds. The Hall–Kier alpha value is -3.33. The van der Waals surface area contributed by atoms with Gasteiger partial charge in [-0.05, 0) is 75.7 Å². The summed E-state index contributed by atoms with van der Waals surface area (Å²) in [5.41, 5.74) is 2.01. The van der Waals surface area contributed by atoms with E-state index in [9.17, 15) is 8.42 Å². The number of sulfonamides is 1. The number of hydrogen-bond donors (Lipinski definition) is 3. The second kappa shape index (κ2) is 9.65. The predicted octanol–water partition coefficient (Wildman–Crippen LogP) is 4.47. The molecule has 0 spiro atoms. The summed E-state index contributed by atoms with van der Waals surface area (Å²) in [6.45, 7) is 8.82. The molecule has 3 N–H and O–H groups in total. The Balaban J connectivity index is 1.72. The summed E-state index contributed by atoms with van der Waals surface area (Å²) >= 11 is 0. The maximum Gasteiger partial charge on any atom is 0.261 e. The Bertz CT molecular complexity index is 1150. The summed E-state index contributed by atoms with van der Waals surface area (Å²) in [5.74, 6) is 2.72. The van der Waals surface area contributed by atoms with Crippen LogP contribution >= 0.6 is 0 Å². The highest BCUT2D eigenvalue weighted by Gasteiger charge is 2.16. The summed E-state index contributed by atoms with van der Waals surface area (Å²) in [7, 11) is -3.71. The van der Waals surface area contributed by atoms with E-state index in [4.69, 9.17) is 4.74 Å². The van der Waals surface area contributed by atoms with E-state index in [-0.39, 0.29) is 4.90 Å². The molecule has 0 atom stereocenters. The van der Waals surface area contributed by atoms with E-state index in [0.29, 0.717) is 29.7 Å². The number of anilines is 4. The molecule has 0 aliphatic rings. The van der Waals surface area contributed by atoms with Crippen molar-refractivity contribution in [1.29, 1.82) is 0 Å². The molecule has 0 unspecified atom stereocenters. The van der Waals surface area contributed by atoms with Crippen LogP contribution in [0.25, 0.3) is 0 Å². The van der Waals surface area contributed by atoms with E-state index in [1.54, 1.807) is 36.4 Å². The molecule has 8 nitrogen and oxygen atoms in total. The molecule has 164 valence electrons. The normalized spacial score (nSPS) is 11.1. The van der Waals surface area contributed by atoms with E-state index in [2.05, 4.69) is 25.3 Å². The molecule has 0 saturated heterocycles. The SMILES string of the molecule is CCNc1cc(Nc2ccc(NS(=O)(=O)c3ccc(OCC)c(C)c3)cc2)nc(C)n1. The lowest BCUT2D eigenvalue weighted by Crippen LogP contribution is -2.13. The minimum absolute atomic E-state index is 0.183. The number of ether oxygens (including phenoxy) is 1. The molecule has 0 radical (unpaired) electrons. The van der Waals surface area contributed by atoms with Gasteiger partial charge in [0.05, 0.1) is 11.5 Å². The van der Waals surface area contributed by atoms with Gasteiger partial charge in [0.25, 0.3) is 10.0 Å². The fourth-order valence-corrected chi connectivity index (χ4v) is 4.14. The molecular weight excluding hydrogens is 414 g/mol. The third-order valence-corrected chi connectivity index (χ3v) is 5.74. The maximum atomic E-state index is 12.7. The number of aromatic nitrogens is 2. The van der Waals surface area contributed by atoms with Crippen molar-refractivity contribution in [3.05, 3.63) is 59.9 Å². The monoisotopic (exact) mass is 441 g/mol. The van der Waals surface area contributed by atoms with Crippen LogP contribution in [0.3, 0.4) is 0 Å². The van der Waals surface area contributed by atoms with E-state index in [1.807, 2.05) is 33.8 Å². The third-order valence-electron chi connectivity index (χ3n) is 4.36. The molecule has 0 aliphatic heterocycles. The van der Waals surface area contributed by atoms with Crippen LogP contribution in [0.1, 0.15) is 25.2 Å². The zero-order chi connectivity index (χ0) is 22.4. The molecule has 9 heteroatoms. The summed E-state index contributed by atoms with van der Waals surface area (Å²) in [6.07, 6.45) is 0. The van der Waals surface area contributed by atoms with Crippen molar-refractivity contribution in [3.63, 3.8) is 0 Å². The first-order valence-electron chi connectivity index (χ1n) is 10.0. The van der Waals surface area contributed by atoms with E-state index in [1.165, 1.54) is 6.07 Å². The van der Waals surface area contributed by atoms with Gasteiger partial charge < -0.3 is 15.4 Å². The van der Waals surface area contributed by atoms with Gasteiger partial charge >= 0.3 is 0 Å². The Labute approximate surface area is 183 Å². The maximum absolute atomic E-state index is 12.7. The average molecular weight is 442 g/mol. The number of benzene rings is 2. The largest absolute Gasteiger partial charge is 0.494 e. The molecule has 3 aromatic rings. The standard InChI is InChI=1S/C22H27N5O3S/c1-5-23-21-14-22(25-16(4)24-21)26-17-7-9-18(10-8-17)27-31(28,29)19-11-12-20(30-6-2)15(3)13-19/h7-14,27H,5-6H2,1-4H3,(H2,23,24,25,26). The summed E-state index contributed by atoms with van der Waals surface area (Å²) < 4.78 is 33.6. The summed E-state index contributed by atoms with van der Waals surface area (Å²) in [4.78, 5) is 8.88. The van der Waals surface area contributed by atoms with Gasteiger partial charge in [-0.2, -0.15) is 0 Å². The fraction of sp³-hybridized carbons (Fsp3) is 0.273. The van der Waals surface area contributed by atoms with E-state index >= 15 is 0 Å². The van der Waals surface area contributed by atoms with Crippen molar-refractivity contribution in [2.45, 2.75) is 32.6 Å². The third kappa shape index (κ3) is 5.85. The molecule has 1 heterocycles. The highest BCUT2D eigenvalue weighted by Crippen LogP contribution is 2.25. The first-order chi connectivity index (χ1) is 14.8. The van der Waals surface area contributed by atoms with Gasteiger partial charge in [0.15, 0.2) is 0 Å². The Morgan fingerprint density at radius 2 is 1.58 bits per heavy atom. The number of rotatable bonds is 9. The lowest BCUT2D eigenvalue weighted by Gasteiger charge is -2.12. The van der Waals surface area contributed by atoms with Crippen molar-refractivity contribution >= 4 is 33.0 Å². The van der Waals surface area contributed by atoms with Gasteiger partial charge in [-0.15, -0.1) is 0 Å². The minimum Gasteiger partial charge on any atom is -0.494 e. The summed E-state index contributed by atoms with van der Waals surface area (Å²) in [5, 5.41) is 6.37. The van der Waals surface area contributed by atoms with Crippen LogP contribution in [-0.4, -0.2) is 31.5 Å². The first kappa shape index (κ1) is 22.4. The smallest absolute Gasteiger partial charge is 0.261 e. The van der Waals surface area contributed by atoms with Gasteiger partial charge in [-0.3, -0.25) is 4.72 Å². The Kier molecular flexibility index (Phi) is 6.96. The second-order valence-corrected chi connectivity index (χ2v) is 8.57. The topological polar surface area (TPSA) is 105 Å². The highest BCUT2D eigenvalue weighted by molar-refractivity contribution is 7.92. The van der Waals surface area contributed by atoms with Crippen molar-refractivity contribution in [1.82, 2.24) is 9.97 Å². The van der Waals surface area contributed by atoms with Gasteiger partial charge in [0.2, 0.25) is 0 Å². The van der Waals surface area contributed by atoms with Gasteiger partial charge in [-0.25, -0.2) is 18.4 Å². The molecule has 3 rings (SSSR count). The molecule has 1 aromatic heterocycles. The Morgan fingerprint density at radius 3 is 2.23 bits per heavy atom. The van der Waals surface area contributed by atoms with Crippen molar-refractivity contribution in [2.24, 2.45) is 0 Å².